The third-order valence-corrected chi connectivity index (χ3v) is 6.61. The number of aromatic nitrogens is 2. The molecule has 5 rings (SSSR count). The van der Waals surface area contributed by atoms with E-state index < -0.39 is 0 Å². The number of amides is 2. The Bertz CT molecular complexity index is 1020. The highest BCUT2D eigenvalue weighted by molar-refractivity contribution is 5.89. The Morgan fingerprint density at radius 1 is 1.00 bits per heavy atom. The summed E-state index contributed by atoms with van der Waals surface area (Å²) in [6.07, 6.45) is 8.26. The van der Waals surface area contributed by atoms with Crippen LogP contribution in [0, 0.1) is 0 Å². The van der Waals surface area contributed by atoms with Crippen molar-refractivity contribution >= 4 is 23.5 Å². The quantitative estimate of drug-likeness (QED) is 0.636. The van der Waals surface area contributed by atoms with Crippen LogP contribution in [-0.4, -0.2) is 49.0 Å². The van der Waals surface area contributed by atoms with Gasteiger partial charge in [-0.1, -0.05) is 0 Å². The molecule has 0 bridgehead atoms. The number of carbonyl (C=O) groups excluding carboxylic acids is 1. The van der Waals surface area contributed by atoms with Crippen molar-refractivity contribution in [3.8, 4) is 11.5 Å². The van der Waals surface area contributed by atoms with Crippen LogP contribution in [0.5, 0.6) is 11.5 Å². The van der Waals surface area contributed by atoms with E-state index in [0.29, 0.717) is 23.2 Å². The van der Waals surface area contributed by atoms with Crippen molar-refractivity contribution in [2.24, 2.45) is 0 Å². The summed E-state index contributed by atoms with van der Waals surface area (Å²) in [7, 11) is 4.10. The molecular formula is C24H32N6O3. The summed E-state index contributed by atoms with van der Waals surface area (Å²) in [5.74, 6) is 3.13. The predicted molar refractivity (Wildman–Crippen MR) is 127 cm³/mol. The molecule has 0 atom stereocenters. The molecule has 2 aliphatic carbocycles. The Morgan fingerprint density at radius 2 is 1.76 bits per heavy atom. The van der Waals surface area contributed by atoms with Crippen molar-refractivity contribution in [1.82, 2.24) is 15.3 Å². The highest BCUT2D eigenvalue weighted by atomic mass is 16.7. The summed E-state index contributed by atoms with van der Waals surface area (Å²) in [5.41, 5.74) is 3.18. The molecule has 2 amide bonds. The number of hydrogen-bond donors (Lipinski definition) is 3. The van der Waals surface area contributed by atoms with Gasteiger partial charge >= 0.3 is 6.03 Å². The summed E-state index contributed by atoms with van der Waals surface area (Å²) in [6.45, 7) is 0.217. The van der Waals surface area contributed by atoms with Gasteiger partial charge in [-0.15, -0.1) is 0 Å². The number of benzene rings is 1. The van der Waals surface area contributed by atoms with Gasteiger partial charge in [0.05, 0.1) is 5.69 Å². The Morgan fingerprint density at radius 3 is 2.58 bits per heavy atom. The van der Waals surface area contributed by atoms with E-state index in [4.69, 9.17) is 19.4 Å². The lowest BCUT2D eigenvalue weighted by Gasteiger charge is -2.30. The van der Waals surface area contributed by atoms with Gasteiger partial charge in [-0.2, -0.15) is 4.98 Å². The average Bonchev–Trinajstić information content (AvgIpc) is 3.27. The van der Waals surface area contributed by atoms with Crippen LogP contribution in [0.25, 0.3) is 0 Å². The number of nitrogens with zero attached hydrogens (tertiary/aromatic N) is 3. The lowest BCUT2D eigenvalue weighted by atomic mass is 9.91. The normalized spacial score (nSPS) is 21.2. The molecule has 9 heteroatoms. The molecule has 1 aliphatic heterocycles. The van der Waals surface area contributed by atoms with Gasteiger partial charge in [-0.05, 0) is 63.5 Å². The van der Waals surface area contributed by atoms with E-state index in [1.54, 1.807) is 12.1 Å². The molecule has 1 aromatic heterocycles. The number of anilines is 3. The lowest BCUT2D eigenvalue weighted by Crippen LogP contribution is -2.42. The first-order valence-electron chi connectivity index (χ1n) is 11.9. The van der Waals surface area contributed by atoms with Gasteiger partial charge in [0.25, 0.3) is 0 Å². The molecule has 2 heterocycles. The standard InChI is InChI=1S/C24H32N6O3/c1-30(2)22-18-5-3-4-6-19(18)28-23(29-22)25-15-7-9-16(10-8-15)26-24(31)27-17-11-12-20-21(13-17)33-14-32-20/h11-13,15-16H,3-10,14H2,1-2H3,(H,25,28,29)(H2,26,27,31). The summed E-state index contributed by atoms with van der Waals surface area (Å²) in [4.78, 5) is 24.2. The van der Waals surface area contributed by atoms with Crippen molar-refractivity contribution in [1.29, 1.82) is 0 Å². The van der Waals surface area contributed by atoms with E-state index >= 15 is 0 Å². The third-order valence-electron chi connectivity index (χ3n) is 6.61. The molecule has 0 unspecified atom stereocenters. The molecular weight excluding hydrogens is 420 g/mol. The second-order valence-electron chi connectivity index (χ2n) is 9.26. The summed E-state index contributed by atoms with van der Waals surface area (Å²) in [5, 5.41) is 9.55. The summed E-state index contributed by atoms with van der Waals surface area (Å²) < 4.78 is 10.7. The van der Waals surface area contributed by atoms with Crippen LogP contribution in [0.15, 0.2) is 18.2 Å². The second kappa shape index (κ2) is 9.33. The minimum Gasteiger partial charge on any atom is -0.454 e. The first-order valence-corrected chi connectivity index (χ1v) is 11.9. The molecule has 3 aliphatic rings. The fraction of sp³-hybridized carbons (Fsp3) is 0.542. The van der Waals surface area contributed by atoms with Gasteiger partial charge in [0.1, 0.15) is 5.82 Å². The van der Waals surface area contributed by atoms with Crippen LogP contribution < -0.4 is 30.3 Å². The van der Waals surface area contributed by atoms with Crippen LogP contribution in [0.1, 0.15) is 49.8 Å². The maximum Gasteiger partial charge on any atom is 0.319 e. The van der Waals surface area contributed by atoms with Crippen molar-refractivity contribution < 1.29 is 14.3 Å². The molecule has 2 aromatic rings. The largest absolute Gasteiger partial charge is 0.454 e. The molecule has 1 fully saturated rings. The number of nitrogens with one attached hydrogen (secondary N) is 3. The average molecular weight is 453 g/mol. The van der Waals surface area contributed by atoms with Gasteiger partial charge < -0.3 is 30.3 Å². The van der Waals surface area contributed by atoms with E-state index in [0.717, 1.165) is 50.3 Å². The maximum absolute atomic E-state index is 12.5. The maximum atomic E-state index is 12.5. The zero-order valence-corrected chi connectivity index (χ0v) is 19.3. The highest BCUT2D eigenvalue weighted by Crippen LogP contribution is 2.34. The molecule has 0 saturated heterocycles. The highest BCUT2D eigenvalue weighted by Gasteiger charge is 2.25. The molecule has 33 heavy (non-hydrogen) atoms. The molecule has 176 valence electrons. The molecule has 0 spiro atoms. The number of carbonyl (C=O) groups is 1. The molecule has 1 saturated carbocycles. The van der Waals surface area contributed by atoms with Crippen LogP contribution >= 0.6 is 0 Å². The van der Waals surface area contributed by atoms with Gasteiger partial charge in [0.2, 0.25) is 12.7 Å². The molecule has 1 aromatic carbocycles. The van der Waals surface area contributed by atoms with E-state index in [9.17, 15) is 4.79 Å². The number of hydrogen-bond acceptors (Lipinski definition) is 7. The van der Waals surface area contributed by atoms with Gasteiger partial charge in [0, 0.05) is 43.5 Å². The van der Waals surface area contributed by atoms with Gasteiger partial charge in [0.15, 0.2) is 11.5 Å². The van der Waals surface area contributed by atoms with Crippen molar-refractivity contribution in [2.75, 3.05) is 36.4 Å². The topological polar surface area (TPSA) is 101 Å². The van der Waals surface area contributed by atoms with Crippen molar-refractivity contribution in [3.05, 3.63) is 29.5 Å². The Hall–Kier alpha value is -3.23. The number of aryl methyl sites for hydroxylation is 1. The Labute approximate surface area is 194 Å². The zero-order chi connectivity index (χ0) is 22.8. The summed E-state index contributed by atoms with van der Waals surface area (Å²) >= 11 is 0. The minimum absolute atomic E-state index is 0.152. The van der Waals surface area contributed by atoms with Gasteiger partial charge in [-0.3, -0.25) is 0 Å². The smallest absolute Gasteiger partial charge is 0.319 e. The monoisotopic (exact) mass is 452 g/mol. The zero-order valence-electron chi connectivity index (χ0n) is 19.3. The number of rotatable bonds is 5. The second-order valence-corrected chi connectivity index (χ2v) is 9.26. The summed E-state index contributed by atoms with van der Waals surface area (Å²) in [6, 6.07) is 5.67. The lowest BCUT2D eigenvalue weighted by molar-refractivity contribution is 0.174. The van der Waals surface area contributed by atoms with Crippen LogP contribution in [-0.2, 0) is 12.8 Å². The van der Waals surface area contributed by atoms with E-state index in [-0.39, 0.29) is 18.9 Å². The van der Waals surface area contributed by atoms with Crippen LogP contribution in [0.2, 0.25) is 0 Å². The SMILES string of the molecule is CN(C)c1nc(NC2CCC(NC(=O)Nc3ccc4c(c3)OCO4)CC2)nc2c1CCCC2. The van der Waals surface area contributed by atoms with Crippen molar-refractivity contribution in [3.63, 3.8) is 0 Å². The molecule has 9 nitrogen and oxygen atoms in total. The third kappa shape index (κ3) is 4.91. The van der Waals surface area contributed by atoms with Crippen LogP contribution in [0.4, 0.5) is 22.2 Å². The van der Waals surface area contributed by atoms with E-state index in [1.165, 1.54) is 24.1 Å². The first kappa shape index (κ1) is 21.6. The van der Waals surface area contributed by atoms with Crippen LogP contribution in [0.3, 0.4) is 0 Å². The Kier molecular flexibility index (Phi) is 6.11. The molecule has 3 N–H and O–H groups in total. The minimum atomic E-state index is -0.195. The fourth-order valence-corrected chi connectivity index (χ4v) is 4.90. The van der Waals surface area contributed by atoms with Crippen molar-refractivity contribution in [2.45, 2.75) is 63.5 Å². The fourth-order valence-electron chi connectivity index (χ4n) is 4.90. The number of ether oxygens (including phenoxy) is 2. The number of fused-ring (bicyclic) bond motifs is 2. The molecule has 0 radical (unpaired) electrons. The predicted octanol–water partition coefficient (Wildman–Crippen LogP) is 3.69. The van der Waals surface area contributed by atoms with E-state index in [1.807, 2.05) is 20.2 Å². The van der Waals surface area contributed by atoms with E-state index in [2.05, 4.69) is 20.9 Å². The first-order chi connectivity index (χ1) is 16.0. The number of urea groups is 1. The Balaban J connectivity index is 1.13. The van der Waals surface area contributed by atoms with Gasteiger partial charge in [-0.25, -0.2) is 9.78 Å².